The fourth-order valence-corrected chi connectivity index (χ4v) is 3.55. The Balaban J connectivity index is 1.78. The summed E-state index contributed by atoms with van der Waals surface area (Å²) in [5, 5.41) is 3.05. The lowest BCUT2D eigenvalue weighted by Crippen LogP contribution is -2.40. The molecule has 0 radical (unpaired) electrons. The molecule has 2 aromatic carbocycles. The van der Waals surface area contributed by atoms with Gasteiger partial charge in [0.1, 0.15) is 0 Å². The maximum absolute atomic E-state index is 12.8. The molecule has 0 fully saturated rings. The molecule has 0 saturated carbocycles. The van der Waals surface area contributed by atoms with Gasteiger partial charge in [0, 0.05) is 18.7 Å². The predicted octanol–water partition coefficient (Wildman–Crippen LogP) is 2.67. The van der Waals surface area contributed by atoms with Crippen LogP contribution in [-0.4, -0.2) is 52.3 Å². The van der Waals surface area contributed by atoms with E-state index in [4.69, 9.17) is 14.2 Å². The quantitative estimate of drug-likeness (QED) is 0.847. The largest absolute Gasteiger partial charge is 0.493 e. The average Bonchev–Trinajstić information content (AvgIpc) is 2.71. The molecule has 1 heterocycles. The molecule has 0 spiro atoms. The highest BCUT2D eigenvalue weighted by molar-refractivity contribution is 5.95. The Labute approximate surface area is 160 Å². The van der Waals surface area contributed by atoms with Gasteiger partial charge in [0.2, 0.25) is 5.75 Å². The second kappa shape index (κ2) is 8.31. The van der Waals surface area contributed by atoms with Crippen molar-refractivity contribution >= 4 is 5.91 Å². The van der Waals surface area contributed by atoms with Crippen molar-refractivity contribution in [1.29, 1.82) is 0 Å². The van der Waals surface area contributed by atoms with Crippen LogP contribution in [0.2, 0.25) is 0 Å². The van der Waals surface area contributed by atoms with E-state index in [9.17, 15) is 4.79 Å². The van der Waals surface area contributed by atoms with E-state index >= 15 is 0 Å². The van der Waals surface area contributed by atoms with Gasteiger partial charge < -0.3 is 19.5 Å². The molecule has 0 aromatic heterocycles. The van der Waals surface area contributed by atoms with Crippen LogP contribution in [0.15, 0.2) is 36.4 Å². The molecule has 6 nitrogen and oxygen atoms in total. The normalized spacial score (nSPS) is 16.4. The number of likely N-dealkylation sites (N-methyl/N-ethyl adjacent to an activating group) is 1. The van der Waals surface area contributed by atoms with E-state index in [1.54, 1.807) is 12.1 Å². The van der Waals surface area contributed by atoms with E-state index < -0.39 is 0 Å². The molecule has 1 unspecified atom stereocenters. The molecule has 27 heavy (non-hydrogen) atoms. The molecule has 0 aliphatic carbocycles. The Hall–Kier alpha value is -2.73. The van der Waals surface area contributed by atoms with Crippen molar-refractivity contribution in [2.24, 2.45) is 0 Å². The number of carbonyl (C=O) groups excluding carboxylic acids is 1. The molecule has 1 aliphatic rings. The lowest BCUT2D eigenvalue weighted by atomic mass is 9.93. The Morgan fingerprint density at radius 1 is 1.11 bits per heavy atom. The zero-order chi connectivity index (χ0) is 19.4. The maximum Gasteiger partial charge on any atom is 0.251 e. The van der Waals surface area contributed by atoms with Crippen molar-refractivity contribution in [2.45, 2.75) is 12.5 Å². The van der Waals surface area contributed by atoms with Crippen LogP contribution in [0.25, 0.3) is 0 Å². The molecular formula is C21H26N2O4. The molecule has 144 valence electrons. The molecule has 0 bridgehead atoms. The minimum atomic E-state index is -0.175. The molecule has 1 aliphatic heterocycles. The zero-order valence-electron chi connectivity index (χ0n) is 16.2. The molecule has 1 amide bonds. The van der Waals surface area contributed by atoms with Crippen LogP contribution in [-0.2, 0) is 6.42 Å². The van der Waals surface area contributed by atoms with E-state index in [0.29, 0.717) is 29.4 Å². The van der Waals surface area contributed by atoms with Gasteiger partial charge in [0.25, 0.3) is 5.91 Å². The minimum Gasteiger partial charge on any atom is -0.493 e. The first-order valence-electron chi connectivity index (χ1n) is 8.95. The Kier molecular flexibility index (Phi) is 5.86. The number of methoxy groups -OCH3 is 3. The minimum absolute atomic E-state index is 0.154. The molecular weight excluding hydrogens is 344 g/mol. The monoisotopic (exact) mass is 370 g/mol. The number of fused-ring (bicyclic) bond motifs is 1. The third-order valence-electron chi connectivity index (χ3n) is 5.06. The van der Waals surface area contributed by atoms with Gasteiger partial charge in [-0.1, -0.05) is 24.3 Å². The number of amides is 1. The molecule has 1 N–H and O–H groups in total. The number of carbonyl (C=O) groups is 1. The third kappa shape index (κ3) is 3.85. The smallest absolute Gasteiger partial charge is 0.251 e. The Morgan fingerprint density at radius 3 is 2.41 bits per heavy atom. The van der Waals surface area contributed by atoms with Crippen LogP contribution in [0.1, 0.15) is 27.5 Å². The van der Waals surface area contributed by atoms with E-state index in [0.717, 1.165) is 13.0 Å². The maximum atomic E-state index is 12.8. The van der Waals surface area contributed by atoms with Gasteiger partial charge in [0.05, 0.1) is 27.4 Å². The first kappa shape index (κ1) is 19.0. The fourth-order valence-electron chi connectivity index (χ4n) is 3.55. The summed E-state index contributed by atoms with van der Waals surface area (Å²) in [5.74, 6) is 1.22. The van der Waals surface area contributed by atoms with Crippen LogP contribution >= 0.6 is 0 Å². The van der Waals surface area contributed by atoms with Crippen molar-refractivity contribution in [1.82, 2.24) is 10.2 Å². The molecule has 1 atom stereocenters. The van der Waals surface area contributed by atoms with Gasteiger partial charge in [-0.25, -0.2) is 0 Å². The summed E-state index contributed by atoms with van der Waals surface area (Å²) >= 11 is 0. The van der Waals surface area contributed by atoms with Gasteiger partial charge in [-0.05, 0) is 36.7 Å². The van der Waals surface area contributed by atoms with Crippen molar-refractivity contribution in [2.75, 3.05) is 41.5 Å². The first-order valence-corrected chi connectivity index (χ1v) is 8.95. The highest BCUT2D eigenvalue weighted by atomic mass is 16.5. The van der Waals surface area contributed by atoms with Crippen molar-refractivity contribution in [3.05, 3.63) is 53.1 Å². The summed E-state index contributed by atoms with van der Waals surface area (Å²) in [4.78, 5) is 15.0. The van der Waals surface area contributed by atoms with Gasteiger partial charge in [-0.3, -0.25) is 9.69 Å². The van der Waals surface area contributed by atoms with E-state index in [1.807, 2.05) is 6.07 Å². The van der Waals surface area contributed by atoms with E-state index in [-0.39, 0.29) is 11.9 Å². The topological polar surface area (TPSA) is 60.0 Å². The Morgan fingerprint density at radius 2 is 1.78 bits per heavy atom. The number of ether oxygens (including phenoxy) is 3. The first-order chi connectivity index (χ1) is 13.1. The molecule has 0 saturated heterocycles. The number of hydrogen-bond donors (Lipinski definition) is 1. The van der Waals surface area contributed by atoms with Crippen LogP contribution in [0.3, 0.4) is 0 Å². The van der Waals surface area contributed by atoms with Crippen molar-refractivity contribution < 1.29 is 19.0 Å². The number of nitrogens with one attached hydrogen (secondary N) is 1. The van der Waals surface area contributed by atoms with Gasteiger partial charge in [-0.15, -0.1) is 0 Å². The van der Waals surface area contributed by atoms with Crippen LogP contribution in [0.4, 0.5) is 0 Å². The van der Waals surface area contributed by atoms with Crippen LogP contribution < -0.4 is 19.5 Å². The number of hydrogen-bond acceptors (Lipinski definition) is 5. The van der Waals surface area contributed by atoms with Crippen LogP contribution in [0.5, 0.6) is 17.2 Å². The third-order valence-corrected chi connectivity index (χ3v) is 5.06. The summed E-state index contributed by atoms with van der Waals surface area (Å²) in [7, 11) is 6.70. The fraction of sp³-hybridized carbons (Fsp3) is 0.381. The lowest BCUT2D eigenvalue weighted by molar-refractivity contribution is 0.0935. The summed E-state index contributed by atoms with van der Waals surface area (Å²) in [5.41, 5.74) is 3.09. The number of nitrogens with zero attached hydrogens (tertiary/aromatic N) is 1. The lowest BCUT2D eigenvalue weighted by Gasteiger charge is -2.34. The standard InChI is InChI=1S/C21H26N2O4/c1-23-10-9-14-7-5-6-8-16(14)17(23)13-22-21(24)15-11-18(25-2)20(27-4)19(12-15)26-3/h5-8,11-12,17H,9-10,13H2,1-4H3,(H,22,24). The van der Waals surface area contributed by atoms with E-state index in [1.165, 1.54) is 32.5 Å². The highest BCUT2D eigenvalue weighted by Gasteiger charge is 2.25. The molecule has 6 heteroatoms. The van der Waals surface area contributed by atoms with Gasteiger partial charge in [0.15, 0.2) is 11.5 Å². The van der Waals surface area contributed by atoms with Gasteiger partial charge in [-0.2, -0.15) is 0 Å². The van der Waals surface area contributed by atoms with Gasteiger partial charge >= 0.3 is 0 Å². The van der Waals surface area contributed by atoms with E-state index in [2.05, 4.69) is 35.5 Å². The SMILES string of the molecule is COc1cc(C(=O)NCC2c3ccccc3CCN2C)cc(OC)c1OC. The number of rotatable bonds is 6. The summed E-state index contributed by atoms with van der Waals surface area (Å²) in [6.45, 7) is 1.50. The summed E-state index contributed by atoms with van der Waals surface area (Å²) < 4.78 is 16.0. The Bertz CT molecular complexity index is 797. The van der Waals surface area contributed by atoms with Crippen LogP contribution in [0, 0.1) is 0 Å². The van der Waals surface area contributed by atoms with Crippen molar-refractivity contribution in [3.63, 3.8) is 0 Å². The van der Waals surface area contributed by atoms with Crippen molar-refractivity contribution in [3.8, 4) is 17.2 Å². The summed E-state index contributed by atoms with van der Waals surface area (Å²) in [6, 6.07) is 11.9. The predicted molar refractivity (Wildman–Crippen MR) is 104 cm³/mol. The molecule has 2 aromatic rings. The average molecular weight is 370 g/mol. The molecule has 3 rings (SSSR count). The highest BCUT2D eigenvalue weighted by Crippen LogP contribution is 2.38. The second-order valence-corrected chi connectivity index (χ2v) is 6.57. The second-order valence-electron chi connectivity index (χ2n) is 6.57. The number of benzene rings is 2. The zero-order valence-corrected chi connectivity index (χ0v) is 16.2. The summed E-state index contributed by atoms with van der Waals surface area (Å²) in [6.07, 6.45) is 1.03.